The van der Waals surface area contributed by atoms with Gasteiger partial charge in [0.15, 0.2) is 12.4 Å². The molecule has 15 heteroatoms. The minimum atomic E-state index is -1.46. The number of esters is 1. The lowest BCUT2D eigenvalue weighted by molar-refractivity contribution is -0.385. The van der Waals surface area contributed by atoms with Crippen LogP contribution in [0.25, 0.3) is 0 Å². The first kappa shape index (κ1) is 39.8. The summed E-state index contributed by atoms with van der Waals surface area (Å²) in [7, 11) is 1.52. The summed E-state index contributed by atoms with van der Waals surface area (Å²) in [4.78, 5) is 52.2. The summed E-state index contributed by atoms with van der Waals surface area (Å²) >= 11 is 0. The number of aliphatic hydroxyl groups is 1. The molecule has 4 aromatic rings. The smallest absolute Gasteiger partial charge is 0.344 e. The maximum absolute atomic E-state index is 13.9. The fourth-order valence-corrected chi connectivity index (χ4v) is 6.35. The molecule has 0 aromatic heterocycles. The third kappa shape index (κ3) is 9.32. The number of amides is 2. The number of nitrogens with zero attached hydrogens (tertiary/aromatic N) is 2. The van der Waals surface area contributed by atoms with E-state index in [0.717, 1.165) is 10.5 Å². The van der Waals surface area contributed by atoms with Gasteiger partial charge in [-0.2, -0.15) is 0 Å². The molecule has 0 spiro atoms. The summed E-state index contributed by atoms with van der Waals surface area (Å²) in [6, 6.07) is 25.1. The molecule has 0 radical (unpaired) electrons. The molecule has 2 aliphatic rings. The number of carbonyl (C=O) groups excluding carboxylic acids is 3. The molecule has 0 unspecified atom stereocenters. The van der Waals surface area contributed by atoms with Gasteiger partial charge in [-0.05, 0) is 74.4 Å². The van der Waals surface area contributed by atoms with Crippen LogP contribution in [0.1, 0.15) is 52.6 Å². The highest BCUT2D eigenvalue weighted by atomic mass is 16.7. The van der Waals surface area contributed by atoms with Gasteiger partial charge in [0, 0.05) is 6.07 Å². The minimum Gasteiger partial charge on any atom is -0.497 e. The van der Waals surface area contributed by atoms with Crippen molar-refractivity contribution in [2.45, 2.75) is 70.2 Å². The molecule has 1 N–H and O–H groups in total. The number of hydrogen-bond acceptors (Lipinski definition) is 13. The molecule has 15 nitrogen and oxygen atoms in total. The van der Waals surface area contributed by atoms with Crippen molar-refractivity contribution in [3.8, 4) is 17.2 Å². The van der Waals surface area contributed by atoms with Crippen LogP contribution in [0.15, 0.2) is 97.1 Å². The third-order valence-electron chi connectivity index (χ3n) is 8.90. The SMILES string of the molecule is COc1ccc(O[C@@H]2O[C@H](COCc3ccc(OCC(=O)OC(C)(C)C)c([N+](=O)[O-])c3)[C@@H](O)[C@H](OCc3ccccc3)[C@H]2N2C(=O)c3ccccc3C2=O)cc1. The predicted molar refractivity (Wildman–Crippen MR) is 198 cm³/mol. The topological polar surface area (TPSA) is 182 Å². The van der Waals surface area contributed by atoms with Crippen LogP contribution in [0, 0.1) is 10.1 Å². The number of ether oxygens (including phenoxy) is 7. The number of aliphatic hydroxyl groups excluding tert-OH is 1. The molecule has 294 valence electrons. The van der Waals surface area contributed by atoms with Gasteiger partial charge in [-0.1, -0.05) is 48.5 Å². The molecule has 0 saturated carbocycles. The van der Waals surface area contributed by atoms with E-state index in [0.29, 0.717) is 17.1 Å². The van der Waals surface area contributed by atoms with Crippen LogP contribution >= 0.6 is 0 Å². The molecular formula is C41H42N2O13. The highest BCUT2D eigenvalue weighted by molar-refractivity contribution is 6.21. The van der Waals surface area contributed by atoms with E-state index >= 15 is 0 Å². The van der Waals surface area contributed by atoms with Crippen molar-refractivity contribution >= 4 is 23.5 Å². The Bertz CT molecular complexity index is 2000. The van der Waals surface area contributed by atoms with Gasteiger partial charge in [-0.15, -0.1) is 0 Å². The first-order valence-electron chi connectivity index (χ1n) is 17.8. The van der Waals surface area contributed by atoms with Crippen LogP contribution in [-0.4, -0.2) is 89.3 Å². The number of benzene rings is 4. The van der Waals surface area contributed by atoms with Crippen molar-refractivity contribution in [3.05, 3.63) is 129 Å². The highest BCUT2D eigenvalue weighted by Gasteiger charge is 2.55. The van der Waals surface area contributed by atoms with Gasteiger partial charge in [0.25, 0.3) is 11.8 Å². The molecule has 1 saturated heterocycles. The average molecular weight is 771 g/mol. The number of hydrogen-bond donors (Lipinski definition) is 1. The van der Waals surface area contributed by atoms with Crippen LogP contribution in [0.2, 0.25) is 0 Å². The van der Waals surface area contributed by atoms with E-state index in [1.807, 2.05) is 30.3 Å². The first-order valence-corrected chi connectivity index (χ1v) is 17.8. The Morgan fingerprint density at radius 3 is 2.14 bits per heavy atom. The maximum atomic E-state index is 13.9. The van der Waals surface area contributed by atoms with Crippen molar-refractivity contribution in [1.82, 2.24) is 4.90 Å². The van der Waals surface area contributed by atoms with E-state index in [4.69, 9.17) is 33.2 Å². The zero-order valence-corrected chi connectivity index (χ0v) is 31.2. The van der Waals surface area contributed by atoms with Crippen molar-refractivity contribution in [1.29, 1.82) is 0 Å². The van der Waals surface area contributed by atoms with Crippen molar-refractivity contribution < 1.29 is 57.6 Å². The Labute approximate surface area is 322 Å². The largest absolute Gasteiger partial charge is 0.497 e. The van der Waals surface area contributed by atoms with Crippen molar-refractivity contribution in [2.24, 2.45) is 0 Å². The Balaban J connectivity index is 1.25. The van der Waals surface area contributed by atoms with Crippen LogP contribution in [0.3, 0.4) is 0 Å². The van der Waals surface area contributed by atoms with Crippen molar-refractivity contribution in [2.75, 3.05) is 20.3 Å². The number of imide groups is 1. The standard InChI is InChI=1S/C41H42N2O13/c1-41(2,3)56-34(44)24-52-32-19-14-26(20-31(32)43(48)49)21-51-23-33-36(45)37(53-22-25-10-6-5-7-11-25)35(40(55-33)54-28-17-15-27(50-4)16-18-28)42-38(46)29-12-8-9-13-30(29)39(42)47/h5-20,33,35-37,40,45H,21-24H2,1-4H3/t33-,35-,36-,37-,40-/m1/s1. The van der Waals surface area contributed by atoms with E-state index < -0.39 is 71.2 Å². The Morgan fingerprint density at radius 2 is 1.52 bits per heavy atom. The molecule has 0 aliphatic carbocycles. The number of methoxy groups -OCH3 is 1. The Hall–Kier alpha value is -5.87. The van der Waals surface area contributed by atoms with Gasteiger partial charge in [0.1, 0.15) is 41.5 Å². The van der Waals surface area contributed by atoms with Gasteiger partial charge in [0.05, 0.1) is 43.0 Å². The Kier molecular flexibility index (Phi) is 12.3. The molecule has 5 atom stereocenters. The number of nitro benzene ring substituents is 1. The fraction of sp³-hybridized carbons (Fsp3) is 0.341. The Morgan fingerprint density at radius 1 is 0.875 bits per heavy atom. The minimum absolute atomic E-state index is 0.0110. The molecule has 2 amide bonds. The maximum Gasteiger partial charge on any atom is 0.344 e. The van der Waals surface area contributed by atoms with Gasteiger partial charge in [0.2, 0.25) is 6.29 Å². The average Bonchev–Trinajstić information content (AvgIpc) is 3.43. The predicted octanol–water partition coefficient (Wildman–Crippen LogP) is 5.26. The molecule has 0 bridgehead atoms. The number of carbonyl (C=O) groups is 3. The molecule has 4 aromatic carbocycles. The molecular weight excluding hydrogens is 728 g/mol. The van der Waals surface area contributed by atoms with Crippen LogP contribution in [-0.2, 0) is 37.0 Å². The molecule has 6 rings (SSSR count). The summed E-state index contributed by atoms with van der Waals surface area (Å²) < 4.78 is 40.9. The quantitative estimate of drug-likeness (QED) is 0.0717. The zero-order valence-electron chi connectivity index (χ0n) is 31.2. The second kappa shape index (κ2) is 17.3. The monoisotopic (exact) mass is 770 g/mol. The van der Waals surface area contributed by atoms with E-state index in [2.05, 4.69) is 0 Å². The van der Waals surface area contributed by atoms with E-state index in [9.17, 15) is 29.6 Å². The van der Waals surface area contributed by atoms with Gasteiger partial charge >= 0.3 is 11.7 Å². The normalized spacial score (nSPS) is 20.7. The second-order valence-corrected chi connectivity index (χ2v) is 14.1. The lowest BCUT2D eigenvalue weighted by atomic mass is 9.95. The molecule has 1 fully saturated rings. The fourth-order valence-electron chi connectivity index (χ4n) is 6.35. The molecule has 2 heterocycles. The summed E-state index contributed by atoms with van der Waals surface area (Å²) in [5, 5.41) is 23.8. The second-order valence-electron chi connectivity index (χ2n) is 14.1. The van der Waals surface area contributed by atoms with Crippen LogP contribution < -0.4 is 14.2 Å². The van der Waals surface area contributed by atoms with Crippen LogP contribution in [0.4, 0.5) is 5.69 Å². The molecule has 2 aliphatic heterocycles. The summed E-state index contributed by atoms with van der Waals surface area (Å²) in [6.45, 7) is 4.15. The lowest BCUT2D eigenvalue weighted by Gasteiger charge is -2.46. The molecule has 56 heavy (non-hydrogen) atoms. The van der Waals surface area contributed by atoms with Gasteiger partial charge in [-0.3, -0.25) is 24.6 Å². The number of rotatable bonds is 15. The first-order chi connectivity index (χ1) is 26.8. The number of nitro groups is 1. The van der Waals surface area contributed by atoms with Crippen LogP contribution in [0.5, 0.6) is 17.2 Å². The summed E-state index contributed by atoms with van der Waals surface area (Å²) in [5.41, 5.74) is 0.395. The summed E-state index contributed by atoms with van der Waals surface area (Å²) in [5.74, 6) is -1.14. The number of fused-ring (bicyclic) bond motifs is 1. The van der Waals surface area contributed by atoms with E-state index in [1.165, 1.54) is 25.3 Å². The van der Waals surface area contributed by atoms with E-state index in [1.54, 1.807) is 69.3 Å². The van der Waals surface area contributed by atoms with Gasteiger partial charge < -0.3 is 38.3 Å². The zero-order chi connectivity index (χ0) is 40.0. The highest BCUT2D eigenvalue weighted by Crippen LogP contribution is 2.36. The van der Waals surface area contributed by atoms with Gasteiger partial charge in [-0.25, -0.2) is 4.79 Å². The van der Waals surface area contributed by atoms with Crippen molar-refractivity contribution in [3.63, 3.8) is 0 Å². The lowest BCUT2D eigenvalue weighted by Crippen LogP contribution is -2.67. The van der Waals surface area contributed by atoms with E-state index in [-0.39, 0.29) is 36.7 Å². The third-order valence-corrected chi connectivity index (χ3v) is 8.90. The summed E-state index contributed by atoms with van der Waals surface area (Å²) in [6.07, 6.45) is -5.17.